The molecule has 1 aliphatic heterocycles. The molecule has 0 bridgehead atoms. The summed E-state index contributed by atoms with van der Waals surface area (Å²) in [6.07, 6.45) is 1.75. The van der Waals surface area contributed by atoms with E-state index < -0.39 is 0 Å². The molecule has 0 saturated carbocycles. The standard InChI is InChI=1S/C16H17N3OS/c20-15(16-18-10-11-21-16)19-14(12-6-2-1-3-7-12)13-8-4-5-9-17-13/h1-9,14,16,18H,10-11H2,(H,19,20)/t14-,16?/m1/s1. The van der Waals surface area contributed by atoms with E-state index in [0.29, 0.717) is 0 Å². The van der Waals surface area contributed by atoms with Gasteiger partial charge in [0.15, 0.2) is 0 Å². The molecule has 5 heteroatoms. The molecule has 4 nitrogen and oxygen atoms in total. The molecule has 2 N–H and O–H groups in total. The minimum atomic E-state index is -0.220. The Hall–Kier alpha value is -1.85. The number of nitrogens with one attached hydrogen (secondary N) is 2. The highest BCUT2D eigenvalue weighted by Crippen LogP contribution is 2.22. The molecule has 2 aromatic rings. The van der Waals surface area contributed by atoms with E-state index >= 15 is 0 Å². The molecule has 0 spiro atoms. The number of rotatable bonds is 4. The van der Waals surface area contributed by atoms with Gasteiger partial charge in [-0.15, -0.1) is 11.8 Å². The van der Waals surface area contributed by atoms with Gasteiger partial charge in [-0.25, -0.2) is 0 Å². The van der Waals surface area contributed by atoms with Gasteiger partial charge in [-0.05, 0) is 17.7 Å². The lowest BCUT2D eigenvalue weighted by Gasteiger charge is -2.20. The van der Waals surface area contributed by atoms with Gasteiger partial charge in [0.05, 0.1) is 11.7 Å². The molecule has 21 heavy (non-hydrogen) atoms. The van der Waals surface area contributed by atoms with E-state index in [-0.39, 0.29) is 17.3 Å². The van der Waals surface area contributed by atoms with Gasteiger partial charge in [-0.3, -0.25) is 15.1 Å². The SMILES string of the molecule is O=C(N[C@H](c1ccccc1)c1ccccn1)C1NCCS1. The summed E-state index contributed by atoms with van der Waals surface area (Å²) in [5.41, 5.74) is 1.88. The summed E-state index contributed by atoms with van der Waals surface area (Å²) in [7, 11) is 0. The van der Waals surface area contributed by atoms with Crippen molar-refractivity contribution in [3.63, 3.8) is 0 Å². The first-order valence-corrected chi connectivity index (χ1v) is 8.01. The molecule has 0 radical (unpaired) electrons. The zero-order valence-corrected chi connectivity index (χ0v) is 12.3. The first-order valence-electron chi connectivity index (χ1n) is 6.96. The van der Waals surface area contributed by atoms with Gasteiger partial charge in [0.1, 0.15) is 5.37 Å². The van der Waals surface area contributed by atoms with Crippen LogP contribution >= 0.6 is 11.8 Å². The molecule has 3 rings (SSSR count). The Labute approximate surface area is 128 Å². The van der Waals surface area contributed by atoms with Crippen molar-refractivity contribution in [2.24, 2.45) is 0 Å². The summed E-state index contributed by atoms with van der Waals surface area (Å²) in [5, 5.41) is 6.14. The number of amides is 1. The second-order valence-electron chi connectivity index (χ2n) is 4.81. The van der Waals surface area contributed by atoms with Crippen LogP contribution in [0.5, 0.6) is 0 Å². The maximum atomic E-state index is 12.4. The summed E-state index contributed by atoms with van der Waals surface area (Å²) in [5.74, 6) is 0.981. The third kappa shape index (κ3) is 3.43. The normalized spacial score (nSPS) is 19.1. The zero-order valence-electron chi connectivity index (χ0n) is 11.5. The molecule has 2 heterocycles. The number of nitrogens with zero attached hydrogens (tertiary/aromatic N) is 1. The summed E-state index contributed by atoms with van der Waals surface area (Å²) in [6.45, 7) is 0.877. The zero-order chi connectivity index (χ0) is 14.5. The van der Waals surface area contributed by atoms with E-state index in [0.717, 1.165) is 23.6 Å². The average Bonchev–Trinajstić information content (AvgIpc) is 3.09. The van der Waals surface area contributed by atoms with Crippen LogP contribution in [0.15, 0.2) is 54.7 Å². The fraction of sp³-hybridized carbons (Fsp3) is 0.250. The molecule has 1 aromatic heterocycles. The fourth-order valence-electron chi connectivity index (χ4n) is 2.33. The second-order valence-corrected chi connectivity index (χ2v) is 6.02. The highest BCUT2D eigenvalue weighted by atomic mass is 32.2. The van der Waals surface area contributed by atoms with E-state index in [1.54, 1.807) is 18.0 Å². The Kier molecular flexibility index (Phi) is 4.52. The van der Waals surface area contributed by atoms with Crippen molar-refractivity contribution in [3.05, 3.63) is 66.0 Å². The number of carbonyl (C=O) groups excluding carboxylic acids is 1. The molecule has 1 fully saturated rings. The molecule has 0 aliphatic carbocycles. The number of thioether (sulfide) groups is 1. The maximum absolute atomic E-state index is 12.4. The lowest BCUT2D eigenvalue weighted by Crippen LogP contribution is -2.41. The van der Waals surface area contributed by atoms with Crippen LogP contribution in [0, 0.1) is 0 Å². The number of aromatic nitrogens is 1. The summed E-state index contributed by atoms with van der Waals surface area (Å²) in [6, 6.07) is 15.5. The second kappa shape index (κ2) is 6.74. The Morgan fingerprint density at radius 2 is 2.05 bits per heavy atom. The van der Waals surface area contributed by atoms with Gasteiger partial charge in [0.2, 0.25) is 5.91 Å². The number of hydrogen-bond acceptors (Lipinski definition) is 4. The van der Waals surface area contributed by atoms with Crippen LogP contribution in [-0.2, 0) is 4.79 Å². The first kappa shape index (κ1) is 14.1. The molecular formula is C16H17N3OS. The number of hydrogen-bond donors (Lipinski definition) is 2. The molecule has 1 amide bonds. The van der Waals surface area contributed by atoms with Crippen LogP contribution in [0.3, 0.4) is 0 Å². The quantitative estimate of drug-likeness (QED) is 0.906. The van der Waals surface area contributed by atoms with Gasteiger partial charge >= 0.3 is 0 Å². The van der Waals surface area contributed by atoms with Gasteiger partial charge in [-0.1, -0.05) is 36.4 Å². The van der Waals surface area contributed by atoms with E-state index in [9.17, 15) is 4.79 Å². The van der Waals surface area contributed by atoms with Crippen molar-refractivity contribution in [2.45, 2.75) is 11.4 Å². The molecule has 1 aromatic carbocycles. The smallest absolute Gasteiger partial charge is 0.248 e. The largest absolute Gasteiger partial charge is 0.341 e. The topological polar surface area (TPSA) is 54.0 Å². The predicted octanol–water partition coefficient (Wildman–Crippen LogP) is 1.95. The summed E-state index contributed by atoms with van der Waals surface area (Å²) >= 11 is 1.64. The van der Waals surface area contributed by atoms with Crippen molar-refractivity contribution >= 4 is 17.7 Å². The predicted molar refractivity (Wildman–Crippen MR) is 84.9 cm³/mol. The summed E-state index contributed by atoms with van der Waals surface area (Å²) < 4.78 is 0. The lowest BCUT2D eigenvalue weighted by molar-refractivity contribution is -0.121. The number of benzene rings is 1. The van der Waals surface area contributed by atoms with Crippen LogP contribution in [0.25, 0.3) is 0 Å². The van der Waals surface area contributed by atoms with Crippen LogP contribution in [0.2, 0.25) is 0 Å². The van der Waals surface area contributed by atoms with Crippen LogP contribution < -0.4 is 10.6 Å². The monoisotopic (exact) mass is 299 g/mol. The molecule has 2 atom stereocenters. The van der Waals surface area contributed by atoms with Gasteiger partial charge in [-0.2, -0.15) is 0 Å². The Morgan fingerprint density at radius 1 is 1.24 bits per heavy atom. The lowest BCUT2D eigenvalue weighted by atomic mass is 10.0. The highest BCUT2D eigenvalue weighted by Gasteiger charge is 2.26. The molecular weight excluding hydrogens is 282 g/mol. The van der Waals surface area contributed by atoms with E-state index in [2.05, 4.69) is 15.6 Å². The Balaban J connectivity index is 1.84. The highest BCUT2D eigenvalue weighted by molar-refractivity contribution is 8.00. The van der Waals surface area contributed by atoms with Gasteiger partial charge in [0.25, 0.3) is 0 Å². The van der Waals surface area contributed by atoms with Crippen molar-refractivity contribution in [2.75, 3.05) is 12.3 Å². The van der Waals surface area contributed by atoms with E-state index in [1.807, 2.05) is 48.5 Å². The number of carbonyl (C=O) groups is 1. The van der Waals surface area contributed by atoms with Crippen LogP contribution in [0.4, 0.5) is 0 Å². The molecule has 1 aliphatic rings. The van der Waals surface area contributed by atoms with Crippen molar-refractivity contribution in [1.82, 2.24) is 15.6 Å². The third-order valence-electron chi connectivity index (χ3n) is 3.36. The van der Waals surface area contributed by atoms with Crippen molar-refractivity contribution in [3.8, 4) is 0 Å². The van der Waals surface area contributed by atoms with Gasteiger partial charge in [0, 0.05) is 18.5 Å². The third-order valence-corrected chi connectivity index (χ3v) is 4.51. The van der Waals surface area contributed by atoms with Crippen LogP contribution in [-0.4, -0.2) is 28.6 Å². The average molecular weight is 299 g/mol. The maximum Gasteiger partial charge on any atom is 0.248 e. The van der Waals surface area contributed by atoms with E-state index in [4.69, 9.17) is 0 Å². The van der Waals surface area contributed by atoms with Crippen LogP contribution in [0.1, 0.15) is 17.3 Å². The Bertz CT molecular complexity index is 545. The fourth-order valence-corrected chi connectivity index (χ4v) is 3.26. The van der Waals surface area contributed by atoms with Gasteiger partial charge < -0.3 is 5.32 Å². The number of pyridine rings is 1. The first-order chi connectivity index (χ1) is 10.3. The Morgan fingerprint density at radius 3 is 2.71 bits per heavy atom. The van der Waals surface area contributed by atoms with Crippen molar-refractivity contribution < 1.29 is 4.79 Å². The van der Waals surface area contributed by atoms with E-state index in [1.165, 1.54) is 0 Å². The summed E-state index contributed by atoms with van der Waals surface area (Å²) in [4.78, 5) is 16.8. The molecule has 1 saturated heterocycles. The minimum absolute atomic E-state index is 0.0111. The molecule has 108 valence electrons. The van der Waals surface area contributed by atoms with Crippen molar-refractivity contribution in [1.29, 1.82) is 0 Å². The molecule has 1 unspecified atom stereocenters. The minimum Gasteiger partial charge on any atom is -0.341 e.